The maximum Gasteiger partial charge on any atom is 0.407 e. The molecule has 0 saturated carbocycles. The summed E-state index contributed by atoms with van der Waals surface area (Å²) in [6.07, 6.45) is 23.0. The van der Waals surface area contributed by atoms with Crippen molar-refractivity contribution in [2.24, 2.45) is 0 Å². The number of alkyl carbamates (subject to hydrolysis) is 1. The van der Waals surface area contributed by atoms with Gasteiger partial charge in [-0.2, -0.15) is 0 Å². The van der Waals surface area contributed by atoms with Gasteiger partial charge in [0.15, 0.2) is 18.9 Å². The van der Waals surface area contributed by atoms with Crippen molar-refractivity contribution in [3.63, 3.8) is 0 Å². The van der Waals surface area contributed by atoms with Crippen molar-refractivity contribution in [2.75, 3.05) is 26.4 Å². The van der Waals surface area contributed by atoms with Gasteiger partial charge in [-0.1, -0.05) is 140 Å². The minimum absolute atomic E-state index is 0.0662. The molecule has 0 aliphatic rings. The van der Waals surface area contributed by atoms with Crippen LogP contribution >= 0.6 is 7.82 Å². The average Bonchev–Trinajstić information content (AvgIpc) is 3.06. The van der Waals surface area contributed by atoms with E-state index in [4.69, 9.17) is 18.5 Å². The number of carbonyl (C=O) groups is 1. The van der Waals surface area contributed by atoms with Gasteiger partial charge in [0.05, 0.1) is 13.2 Å². The molecule has 1 heterocycles. The Morgan fingerprint density at radius 1 is 0.761 bits per heavy atom. The van der Waals surface area contributed by atoms with Gasteiger partial charge in [0, 0.05) is 18.7 Å². The number of pyridine rings is 1. The van der Waals surface area contributed by atoms with Gasteiger partial charge in [0.2, 0.25) is 0 Å². The second kappa shape index (κ2) is 26.7. The molecule has 0 spiro atoms. The van der Waals surface area contributed by atoms with Gasteiger partial charge in [-0.25, -0.2) is 9.36 Å². The third kappa shape index (κ3) is 22.3. The average molecular weight is 663 g/mol. The molecule has 46 heavy (non-hydrogen) atoms. The number of phosphoric acid groups is 1. The van der Waals surface area contributed by atoms with Gasteiger partial charge in [0.25, 0.3) is 7.82 Å². The number of nitrogens with zero attached hydrogens (tertiary/aromatic N) is 1. The van der Waals surface area contributed by atoms with E-state index in [1.807, 2.05) is 60.9 Å². The highest BCUT2D eigenvalue weighted by atomic mass is 31.2. The molecule has 0 aliphatic heterocycles. The summed E-state index contributed by atoms with van der Waals surface area (Å²) in [5, 5.41) is 2.78. The van der Waals surface area contributed by atoms with E-state index in [-0.39, 0.29) is 26.4 Å². The quantitative estimate of drug-likeness (QED) is 0.0533. The number of carbonyl (C=O) groups excluding carboxylic acids is 1. The largest absolute Gasteiger partial charge is 0.756 e. The Kier molecular flexibility index (Phi) is 23.2. The smallest absolute Gasteiger partial charge is 0.407 e. The van der Waals surface area contributed by atoms with Crippen LogP contribution in [-0.2, 0) is 36.2 Å². The predicted octanol–water partition coefficient (Wildman–Crippen LogP) is 8.05. The summed E-state index contributed by atoms with van der Waals surface area (Å²) in [6, 6.07) is 15.0. The van der Waals surface area contributed by atoms with Crippen LogP contribution in [0.4, 0.5) is 4.79 Å². The monoisotopic (exact) mass is 662 g/mol. The number of phosphoric ester groups is 1. The lowest BCUT2D eigenvalue weighted by Crippen LogP contribution is -2.35. The van der Waals surface area contributed by atoms with E-state index >= 15 is 0 Å². The molecule has 2 atom stereocenters. The third-order valence-corrected chi connectivity index (χ3v) is 8.79. The van der Waals surface area contributed by atoms with E-state index in [1.165, 1.54) is 89.9 Å². The zero-order valence-electron chi connectivity index (χ0n) is 28.2. The first-order chi connectivity index (χ1) is 22.5. The van der Waals surface area contributed by atoms with E-state index < -0.39 is 20.0 Å². The number of nitrogens with one attached hydrogen (secondary N) is 1. The molecule has 1 aromatic carbocycles. The molecule has 1 amide bonds. The molecule has 2 rings (SSSR count). The molecule has 0 fully saturated rings. The molecule has 0 saturated heterocycles. The van der Waals surface area contributed by atoms with Crippen LogP contribution in [0, 0.1) is 0 Å². The second-order valence-corrected chi connectivity index (χ2v) is 13.3. The number of ether oxygens (including phenoxy) is 2. The second-order valence-electron chi connectivity index (χ2n) is 11.9. The standard InChI is InChI=1S/C36H59N2O7P/c1-2-3-4-5-6-7-8-9-10-11-12-13-14-15-16-21-26-37-36(39)43-32-35(42-31-34-24-19-17-20-25-34)33-45-46(40,41)44-30-29-38-27-22-18-23-28-38/h17-20,22-25,27-28,35H,2-16,21,26,29-33H2,1H3,(H-,37,39,40,41). The fourth-order valence-corrected chi connectivity index (χ4v) is 5.80. The molecule has 1 N–H and O–H groups in total. The molecule has 260 valence electrons. The van der Waals surface area contributed by atoms with Gasteiger partial charge < -0.3 is 28.7 Å². The maximum absolute atomic E-state index is 12.3. The van der Waals surface area contributed by atoms with E-state index in [2.05, 4.69) is 12.2 Å². The SMILES string of the molecule is CCCCCCCCCCCCCCCCCCNC(=O)OCC(COP(=O)([O-])OCC[n+]1ccccc1)OCc1ccccc1. The van der Waals surface area contributed by atoms with Crippen molar-refractivity contribution in [2.45, 2.75) is 129 Å². The van der Waals surface area contributed by atoms with Crippen LogP contribution in [0.2, 0.25) is 0 Å². The van der Waals surface area contributed by atoms with Crippen LogP contribution < -0.4 is 14.8 Å². The Bertz CT molecular complexity index is 1050. The highest BCUT2D eigenvalue weighted by molar-refractivity contribution is 7.45. The molecule has 9 nitrogen and oxygen atoms in total. The van der Waals surface area contributed by atoms with Gasteiger partial charge in [-0.3, -0.25) is 4.57 Å². The highest BCUT2D eigenvalue weighted by Crippen LogP contribution is 2.38. The Hall–Kier alpha value is -2.29. The molecular formula is C36H59N2O7P. The Labute approximate surface area is 278 Å². The summed E-state index contributed by atoms with van der Waals surface area (Å²) < 4.78 is 35.4. The maximum atomic E-state index is 12.3. The highest BCUT2D eigenvalue weighted by Gasteiger charge is 2.18. The number of benzene rings is 1. The van der Waals surface area contributed by atoms with E-state index in [0.29, 0.717) is 13.1 Å². The van der Waals surface area contributed by atoms with Crippen LogP contribution in [0.1, 0.15) is 115 Å². The first-order valence-corrected chi connectivity index (χ1v) is 19.0. The summed E-state index contributed by atoms with van der Waals surface area (Å²) in [5.74, 6) is 0. The van der Waals surface area contributed by atoms with Crippen LogP contribution in [0.5, 0.6) is 0 Å². The number of amides is 1. The normalized spacial score (nSPS) is 13.3. The molecule has 0 aliphatic carbocycles. The van der Waals surface area contributed by atoms with Crippen molar-refractivity contribution < 1.29 is 37.3 Å². The fraction of sp³-hybridized carbons (Fsp3) is 0.667. The van der Waals surface area contributed by atoms with Crippen LogP contribution in [-0.4, -0.2) is 38.6 Å². The van der Waals surface area contributed by atoms with Gasteiger partial charge in [-0.05, 0) is 12.0 Å². The summed E-state index contributed by atoms with van der Waals surface area (Å²) in [5.41, 5.74) is 0.905. The summed E-state index contributed by atoms with van der Waals surface area (Å²) in [4.78, 5) is 24.6. The van der Waals surface area contributed by atoms with E-state index in [9.17, 15) is 14.3 Å². The lowest BCUT2D eigenvalue weighted by atomic mass is 10.0. The van der Waals surface area contributed by atoms with Crippen LogP contribution in [0.25, 0.3) is 0 Å². The predicted molar refractivity (Wildman–Crippen MR) is 180 cm³/mol. The van der Waals surface area contributed by atoms with Crippen molar-refractivity contribution in [3.05, 3.63) is 66.5 Å². The fourth-order valence-electron chi connectivity index (χ4n) is 5.07. The number of unbranched alkanes of at least 4 members (excludes halogenated alkanes) is 15. The third-order valence-electron chi connectivity index (χ3n) is 7.82. The lowest BCUT2D eigenvalue weighted by molar-refractivity contribution is -0.697. The van der Waals surface area contributed by atoms with Crippen molar-refractivity contribution in [1.29, 1.82) is 0 Å². The molecule has 2 aromatic rings. The molecule has 10 heteroatoms. The Morgan fingerprint density at radius 3 is 1.89 bits per heavy atom. The first-order valence-electron chi connectivity index (χ1n) is 17.6. The lowest BCUT2D eigenvalue weighted by Gasteiger charge is -2.25. The Morgan fingerprint density at radius 2 is 1.30 bits per heavy atom. The zero-order chi connectivity index (χ0) is 33.0. The molecule has 0 radical (unpaired) electrons. The number of hydrogen-bond donors (Lipinski definition) is 1. The van der Waals surface area contributed by atoms with Crippen LogP contribution in [0.15, 0.2) is 60.9 Å². The zero-order valence-corrected chi connectivity index (χ0v) is 29.1. The minimum Gasteiger partial charge on any atom is -0.756 e. The van der Waals surface area contributed by atoms with Crippen molar-refractivity contribution in [3.8, 4) is 0 Å². The van der Waals surface area contributed by atoms with Gasteiger partial charge in [0.1, 0.15) is 19.3 Å². The molecule has 1 aromatic heterocycles. The van der Waals surface area contributed by atoms with E-state index in [1.54, 1.807) is 4.57 Å². The van der Waals surface area contributed by atoms with Crippen molar-refractivity contribution in [1.82, 2.24) is 5.32 Å². The summed E-state index contributed by atoms with van der Waals surface area (Å²) in [6.45, 7) is 2.81. The van der Waals surface area contributed by atoms with E-state index in [0.717, 1.165) is 18.4 Å². The number of hydrogen-bond acceptors (Lipinski definition) is 7. The van der Waals surface area contributed by atoms with Gasteiger partial charge in [-0.15, -0.1) is 0 Å². The minimum atomic E-state index is -4.57. The number of aromatic nitrogens is 1. The molecule has 0 bridgehead atoms. The first kappa shape index (κ1) is 39.9. The topological polar surface area (TPSA) is 110 Å². The van der Waals surface area contributed by atoms with Crippen LogP contribution in [0.3, 0.4) is 0 Å². The summed E-state index contributed by atoms with van der Waals surface area (Å²) in [7, 11) is -4.57. The van der Waals surface area contributed by atoms with Crippen molar-refractivity contribution >= 4 is 13.9 Å². The Balaban J connectivity index is 1.54. The summed E-state index contributed by atoms with van der Waals surface area (Å²) >= 11 is 0. The molecule has 2 unspecified atom stereocenters. The number of rotatable bonds is 29. The van der Waals surface area contributed by atoms with Gasteiger partial charge >= 0.3 is 6.09 Å². The molecular weight excluding hydrogens is 603 g/mol.